The number of rotatable bonds is 6. The van der Waals surface area contributed by atoms with Crippen LogP contribution in [0.25, 0.3) is 5.69 Å². The van der Waals surface area contributed by atoms with Gasteiger partial charge < -0.3 is 9.88 Å². The Morgan fingerprint density at radius 3 is 2.62 bits per heavy atom. The highest BCUT2D eigenvalue weighted by Gasteiger charge is 2.16. The minimum atomic E-state index is -0.0129. The zero-order chi connectivity index (χ0) is 18.7. The van der Waals surface area contributed by atoms with Crippen LogP contribution in [0.1, 0.15) is 22.8 Å². The average molecular weight is 372 g/mol. The molecule has 0 unspecified atom stereocenters. The molecule has 0 atom stereocenters. The smallest absolute Gasteiger partial charge is 0.224 e. The number of nitrogens with one attached hydrogen (secondary N) is 1. The van der Waals surface area contributed by atoms with Crippen LogP contribution < -0.4 is 5.32 Å². The van der Waals surface area contributed by atoms with Crippen LogP contribution in [-0.2, 0) is 24.7 Å². The minimum absolute atomic E-state index is 0.0129. The van der Waals surface area contributed by atoms with Crippen molar-refractivity contribution in [2.75, 3.05) is 6.54 Å². The molecule has 26 heavy (non-hydrogen) atoms. The Labute approximate surface area is 157 Å². The molecule has 0 saturated heterocycles. The highest BCUT2D eigenvalue weighted by molar-refractivity contribution is 6.30. The fourth-order valence-electron chi connectivity index (χ4n) is 2.94. The molecule has 1 aromatic carbocycles. The molecule has 0 spiro atoms. The molecular weight excluding hydrogens is 350 g/mol. The highest BCUT2D eigenvalue weighted by Crippen LogP contribution is 2.20. The Morgan fingerprint density at radius 1 is 1.23 bits per heavy atom. The van der Waals surface area contributed by atoms with E-state index >= 15 is 0 Å². The van der Waals surface area contributed by atoms with Crippen molar-refractivity contribution in [1.82, 2.24) is 24.6 Å². The monoisotopic (exact) mass is 371 g/mol. The standard InChI is InChI=1S/C19H22ClN5O/c1-13-17(12-19(26)22-9-8-18-21-10-11-24(18)3)14(2)25(23-13)16-6-4-15(20)5-7-16/h4-7,10-11H,8-9,12H2,1-3H3,(H,22,26). The van der Waals surface area contributed by atoms with E-state index in [-0.39, 0.29) is 5.91 Å². The van der Waals surface area contributed by atoms with Gasteiger partial charge in [0.1, 0.15) is 5.82 Å². The van der Waals surface area contributed by atoms with E-state index in [1.807, 2.05) is 60.6 Å². The van der Waals surface area contributed by atoms with Crippen LogP contribution in [0.2, 0.25) is 5.02 Å². The predicted octanol–water partition coefficient (Wildman–Crippen LogP) is 2.78. The summed E-state index contributed by atoms with van der Waals surface area (Å²) in [6.07, 6.45) is 4.67. The molecule has 0 bridgehead atoms. The summed E-state index contributed by atoms with van der Waals surface area (Å²) in [5.41, 5.74) is 3.70. The maximum absolute atomic E-state index is 12.3. The maximum Gasteiger partial charge on any atom is 0.224 e. The lowest BCUT2D eigenvalue weighted by atomic mass is 10.1. The van der Waals surface area contributed by atoms with Crippen molar-refractivity contribution in [2.45, 2.75) is 26.7 Å². The zero-order valence-corrected chi connectivity index (χ0v) is 15.9. The van der Waals surface area contributed by atoms with E-state index in [4.69, 9.17) is 11.6 Å². The first kappa shape index (κ1) is 18.2. The summed E-state index contributed by atoms with van der Waals surface area (Å²) in [5, 5.41) is 8.22. The first-order valence-electron chi connectivity index (χ1n) is 8.49. The van der Waals surface area contributed by atoms with E-state index in [9.17, 15) is 4.79 Å². The second-order valence-electron chi connectivity index (χ2n) is 6.27. The fourth-order valence-corrected chi connectivity index (χ4v) is 3.06. The van der Waals surface area contributed by atoms with Gasteiger partial charge in [-0.2, -0.15) is 5.10 Å². The second-order valence-corrected chi connectivity index (χ2v) is 6.71. The van der Waals surface area contributed by atoms with E-state index in [0.29, 0.717) is 24.4 Å². The van der Waals surface area contributed by atoms with Gasteiger partial charge in [0.25, 0.3) is 0 Å². The molecule has 1 N–H and O–H groups in total. The number of hydrogen-bond donors (Lipinski definition) is 1. The van der Waals surface area contributed by atoms with Gasteiger partial charge in [-0.1, -0.05) is 11.6 Å². The predicted molar refractivity (Wildman–Crippen MR) is 102 cm³/mol. The number of hydrogen-bond acceptors (Lipinski definition) is 3. The summed E-state index contributed by atoms with van der Waals surface area (Å²) < 4.78 is 3.80. The van der Waals surface area contributed by atoms with Gasteiger partial charge in [-0.15, -0.1) is 0 Å². The van der Waals surface area contributed by atoms with Crippen molar-refractivity contribution >= 4 is 17.5 Å². The third kappa shape index (κ3) is 3.96. The molecule has 7 heteroatoms. The van der Waals surface area contributed by atoms with Crippen molar-refractivity contribution in [3.63, 3.8) is 0 Å². The summed E-state index contributed by atoms with van der Waals surface area (Å²) in [6, 6.07) is 7.49. The molecule has 0 saturated carbocycles. The Morgan fingerprint density at radius 2 is 1.96 bits per heavy atom. The van der Waals surface area contributed by atoms with E-state index in [1.54, 1.807) is 6.20 Å². The third-order valence-corrected chi connectivity index (χ3v) is 4.69. The summed E-state index contributed by atoms with van der Waals surface area (Å²) in [7, 11) is 1.95. The van der Waals surface area contributed by atoms with Crippen molar-refractivity contribution in [3.05, 3.63) is 64.5 Å². The van der Waals surface area contributed by atoms with Crippen LogP contribution in [0, 0.1) is 13.8 Å². The van der Waals surface area contributed by atoms with Crippen LogP contribution in [0.5, 0.6) is 0 Å². The molecule has 6 nitrogen and oxygen atoms in total. The van der Waals surface area contributed by atoms with Gasteiger partial charge in [0.05, 0.1) is 17.8 Å². The summed E-state index contributed by atoms with van der Waals surface area (Å²) >= 11 is 5.95. The SMILES string of the molecule is Cc1nn(-c2ccc(Cl)cc2)c(C)c1CC(=O)NCCc1nccn1C. The minimum Gasteiger partial charge on any atom is -0.355 e. The van der Waals surface area contributed by atoms with Gasteiger partial charge in [-0.3, -0.25) is 4.79 Å². The summed E-state index contributed by atoms with van der Waals surface area (Å²) in [4.78, 5) is 16.6. The lowest BCUT2D eigenvalue weighted by molar-refractivity contribution is -0.120. The molecule has 3 rings (SSSR count). The number of amides is 1. The molecule has 0 aliphatic carbocycles. The molecule has 3 aromatic rings. The zero-order valence-electron chi connectivity index (χ0n) is 15.2. The molecule has 0 aliphatic heterocycles. The molecule has 136 valence electrons. The molecular formula is C19H22ClN5O. The molecule has 0 radical (unpaired) electrons. The molecule has 2 heterocycles. The highest BCUT2D eigenvalue weighted by atomic mass is 35.5. The molecule has 0 aliphatic rings. The van der Waals surface area contributed by atoms with Gasteiger partial charge >= 0.3 is 0 Å². The van der Waals surface area contributed by atoms with Crippen LogP contribution >= 0.6 is 11.6 Å². The number of aromatic nitrogens is 4. The third-order valence-electron chi connectivity index (χ3n) is 4.44. The van der Waals surface area contributed by atoms with Crippen molar-refractivity contribution in [3.8, 4) is 5.69 Å². The van der Waals surface area contributed by atoms with Crippen LogP contribution in [0.15, 0.2) is 36.7 Å². The van der Waals surface area contributed by atoms with Gasteiger partial charge in [0.15, 0.2) is 0 Å². The van der Waals surface area contributed by atoms with Crippen LogP contribution in [-0.4, -0.2) is 31.8 Å². The summed E-state index contributed by atoms with van der Waals surface area (Å²) in [5.74, 6) is 0.939. The first-order chi connectivity index (χ1) is 12.5. The average Bonchev–Trinajstić information content (AvgIpc) is 3.14. The van der Waals surface area contributed by atoms with Crippen molar-refractivity contribution in [2.24, 2.45) is 7.05 Å². The number of carbonyl (C=O) groups is 1. The maximum atomic E-state index is 12.3. The Bertz CT molecular complexity index is 911. The van der Waals surface area contributed by atoms with Crippen LogP contribution in [0.4, 0.5) is 0 Å². The Hall–Kier alpha value is -2.60. The second kappa shape index (κ2) is 7.74. The molecule has 1 amide bonds. The van der Waals surface area contributed by atoms with Crippen LogP contribution in [0.3, 0.4) is 0 Å². The Balaban J connectivity index is 1.65. The number of halogens is 1. The normalized spacial score (nSPS) is 10.9. The largest absolute Gasteiger partial charge is 0.355 e. The number of imidazole rings is 1. The number of aryl methyl sites for hydroxylation is 2. The number of carbonyl (C=O) groups excluding carboxylic acids is 1. The first-order valence-corrected chi connectivity index (χ1v) is 8.87. The van der Waals surface area contributed by atoms with Crippen molar-refractivity contribution < 1.29 is 4.79 Å². The van der Waals surface area contributed by atoms with Crippen molar-refractivity contribution in [1.29, 1.82) is 0 Å². The quantitative estimate of drug-likeness (QED) is 0.724. The van der Waals surface area contributed by atoms with Gasteiger partial charge in [-0.05, 0) is 38.1 Å². The fraction of sp³-hybridized carbons (Fsp3) is 0.316. The number of benzene rings is 1. The van der Waals surface area contributed by atoms with E-state index in [2.05, 4.69) is 15.4 Å². The topological polar surface area (TPSA) is 64.7 Å². The van der Waals surface area contributed by atoms with E-state index in [1.165, 1.54) is 0 Å². The molecule has 2 aromatic heterocycles. The van der Waals surface area contributed by atoms with E-state index in [0.717, 1.165) is 28.5 Å². The van der Waals surface area contributed by atoms with Gasteiger partial charge in [-0.25, -0.2) is 9.67 Å². The summed E-state index contributed by atoms with van der Waals surface area (Å²) in [6.45, 7) is 4.47. The lowest BCUT2D eigenvalue weighted by Crippen LogP contribution is -2.28. The van der Waals surface area contributed by atoms with Gasteiger partial charge in [0.2, 0.25) is 5.91 Å². The Kier molecular flexibility index (Phi) is 5.42. The number of nitrogens with zero attached hydrogens (tertiary/aromatic N) is 4. The van der Waals surface area contributed by atoms with E-state index < -0.39 is 0 Å². The van der Waals surface area contributed by atoms with Gasteiger partial charge in [0, 0.05) is 48.7 Å². The lowest BCUT2D eigenvalue weighted by Gasteiger charge is -2.07. The molecule has 0 fully saturated rings.